The number of ketones is 1. The minimum absolute atomic E-state index is 0.0797. The predicted molar refractivity (Wildman–Crippen MR) is 87.7 cm³/mol. The monoisotopic (exact) mass is 318 g/mol. The minimum Gasteiger partial charge on any atom is -0.393 e. The standard InChI is InChI=1S/C20H30O3/c1-19-8-7-14(22)9-12(19)3-5-15-16-6-4-13(11-21)20(16,2)10-17(23)18(15)19/h11-16,18,22H,3-10H2,1-2H3/t12?,13-,14?,15?,16?,18?,19+,20-/m1/s1. The fourth-order valence-corrected chi connectivity index (χ4v) is 7.31. The van der Waals surface area contributed by atoms with E-state index in [2.05, 4.69) is 13.8 Å². The number of hydrogen-bond donors (Lipinski definition) is 1. The number of hydrogen-bond acceptors (Lipinski definition) is 3. The van der Waals surface area contributed by atoms with E-state index in [-0.39, 0.29) is 28.8 Å². The van der Waals surface area contributed by atoms with Gasteiger partial charge in [0.2, 0.25) is 0 Å². The fourth-order valence-electron chi connectivity index (χ4n) is 7.31. The molecule has 0 saturated heterocycles. The molecule has 4 aliphatic carbocycles. The van der Waals surface area contributed by atoms with E-state index in [0.29, 0.717) is 30.0 Å². The van der Waals surface area contributed by atoms with E-state index >= 15 is 0 Å². The lowest BCUT2D eigenvalue weighted by Gasteiger charge is -2.59. The second-order valence-electron chi connectivity index (χ2n) is 9.43. The van der Waals surface area contributed by atoms with Crippen molar-refractivity contribution in [3.05, 3.63) is 0 Å². The van der Waals surface area contributed by atoms with Crippen LogP contribution < -0.4 is 0 Å². The van der Waals surface area contributed by atoms with Crippen LogP contribution in [0.25, 0.3) is 0 Å². The summed E-state index contributed by atoms with van der Waals surface area (Å²) in [6.07, 6.45) is 8.65. The highest BCUT2D eigenvalue weighted by Crippen LogP contribution is 2.66. The lowest BCUT2D eigenvalue weighted by molar-refractivity contribution is -0.161. The number of aliphatic hydroxyl groups excluding tert-OH is 1. The van der Waals surface area contributed by atoms with Gasteiger partial charge in [-0.15, -0.1) is 0 Å². The van der Waals surface area contributed by atoms with E-state index in [0.717, 1.165) is 51.2 Å². The van der Waals surface area contributed by atoms with Gasteiger partial charge in [-0.25, -0.2) is 0 Å². The molecule has 128 valence electrons. The van der Waals surface area contributed by atoms with Gasteiger partial charge in [0.1, 0.15) is 12.1 Å². The Morgan fingerprint density at radius 1 is 1.09 bits per heavy atom. The molecule has 4 aliphatic rings. The molecule has 4 saturated carbocycles. The van der Waals surface area contributed by atoms with Gasteiger partial charge >= 0.3 is 0 Å². The first-order chi connectivity index (χ1) is 10.9. The Kier molecular flexibility index (Phi) is 3.54. The van der Waals surface area contributed by atoms with Crippen LogP contribution in [0.2, 0.25) is 0 Å². The molecule has 0 aromatic heterocycles. The lowest BCUT2D eigenvalue weighted by Crippen LogP contribution is -2.57. The molecule has 8 atom stereocenters. The molecule has 0 aromatic carbocycles. The first kappa shape index (κ1) is 15.8. The third-order valence-electron chi connectivity index (χ3n) is 8.56. The van der Waals surface area contributed by atoms with Crippen LogP contribution in [0.3, 0.4) is 0 Å². The molecule has 1 N–H and O–H groups in total. The number of aldehydes is 1. The highest BCUT2D eigenvalue weighted by atomic mass is 16.3. The summed E-state index contributed by atoms with van der Waals surface area (Å²) in [5.74, 6) is 2.20. The fraction of sp³-hybridized carbons (Fsp3) is 0.900. The van der Waals surface area contributed by atoms with Crippen molar-refractivity contribution < 1.29 is 14.7 Å². The largest absolute Gasteiger partial charge is 0.393 e. The van der Waals surface area contributed by atoms with Gasteiger partial charge in [0, 0.05) is 18.3 Å². The molecular formula is C20H30O3. The molecular weight excluding hydrogens is 288 g/mol. The summed E-state index contributed by atoms with van der Waals surface area (Å²) < 4.78 is 0. The van der Waals surface area contributed by atoms with Crippen LogP contribution in [0.5, 0.6) is 0 Å². The van der Waals surface area contributed by atoms with E-state index in [4.69, 9.17) is 0 Å². The molecule has 5 unspecified atom stereocenters. The third-order valence-corrected chi connectivity index (χ3v) is 8.56. The van der Waals surface area contributed by atoms with Gasteiger partial charge < -0.3 is 9.90 Å². The van der Waals surface area contributed by atoms with Crippen LogP contribution in [0, 0.1) is 40.4 Å². The highest BCUT2D eigenvalue weighted by Gasteiger charge is 2.63. The van der Waals surface area contributed by atoms with E-state index < -0.39 is 0 Å². The Morgan fingerprint density at radius 2 is 1.87 bits per heavy atom. The van der Waals surface area contributed by atoms with E-state index in [9.17, 15) is 14.7 Å². The third kappa shape index (κ3) is 2.04. The molecule has 4 fully saturated rings. The second kappa shape index (κ2) is 5.15. The first-order valence-corrected chi connectivity index (χ1v) is 9.56. The van der Waals surface area contributed by atoms with Crippen LogP contribution in [-0.4, -0.2) is 23.3 Å². The maximum atomic E-state index is 13.2. The Hall–Kier alpha value is -0.700. The Bertz CT molecular complexity index is 529. The van der Waals surface area contributed by atoms with Crippen molar-refractivity contribution in [2.45, 2.75) is 71.3 Å². The quantitative estimate of drug-likeness (QED) is 0.754. The van der Waals surface area contributed by atoms with Crippen molar-refractivity contribution in [2.75, 3.05) is 0 Å². The van der Waals surface area contributed by atoms with Crippen molar-refractivity contribution in [3.63, 3.8) is 0 Å². The van der Waals surface area contributed by atoms with Crippen molar-refractivity contribution >= 4 is 12.1 Å². The first-order valence-electron chi connectivity index (χ1n) is 9.56. The highest BCUT2D eigenvalue weighted by molar-refractivity contribution is 5.85. The molecule has 0 heterocycles. The van der Waals surface area contributed by atoms with Crippen molar-refractivity contribution in [3.8, 4) is 0 Å². The average Bonchev–Trinajstić information content (AvgIpc) is 2.83. The minimum atomic E-state index is -0.167. The zero-order valence-corrected chi connectivity index (χ0v) is 14.5. The van der Waals surface area contributed by atoms with Gasteiger partial charge in [0.25, 0.3) is 0 Å². The zero-order valence-electron chi connectivity index (χ0n) is 14.5. The number of Topliss-reactive ketones (excluding diaryl/α,β-unsaturated/α-hetero) is 1. The predicted octanol–water partition coefficient (Wildman–Crippen LogP) is 3.38. The van der Waals surface area contributed by atoms with Crippen LogP contribution >= 0.6 is 0 Å². The summed E-state index contributed by atoms with van der Waals surface area (Å²) in [6.45, 7) is 4.53. The van der Waals surface area contributed by atoms with Gasteiger partial charge in [0.15, 0.2) is 0 Å². The molecule has 3 nitrogen and oxygen atoms in total. The maximum absolute atomic E-state index is 13.2. The van der Waals surface area contributed by atoms with Crippen LogP contribution in [0.4, 0.5) is 0 Å². The summed E-state index contributed by atoms with van der Waals surface area (Å²) >= 11 is 0. The maximum Gasteiger partial charge on any atom is 0.137 e. The second-order valence-corrected chi connectivity index (χ2v) is 9.43. The topological polar surface area (TPSA) is 54.4 Å². The van der Waals surface area contributed by atoms with Crippen molar-refractivity contribution in [2.24, 2.45) is 40.4 Å². The van der Waals surface area contributed by atoms with Gasteiger partial charge in [-0.2, -0.15) is 0 Å². The zero-order chi connectivity index (χ0) is 16.4. The molecule has 0 aromatic rings. The number of aliphatic hydroxyl groups is 1. The number of rotatable bonds is 1. The van der Waals surface area contributed by atoms with Gasteiger partial charge in [-0.1, -0.05) is 13.8 Å². The van der Waals surface area contributed by atoms with Crippen LogP contribution in [0.15, 0.2) is 0 Å². The molecule has 0 bridgehead atoms. The number of carbonyl (C=O) groups excluding carboxylic acids is 2. The van der Waals surface area contributed by atoms with Gasteiger partial charge in [-0.3, -0.25) is 4.79 Å². The Morgan fingerprint density at radius 3 is 2.61 bits per heavy atom. The summed E-state index contributed by atoms with van der Waals surface area (Å²) in [6, 6.07) is 0. The summed E-state index contributed by atoms with van der Waals surface area (Å²) in [5.41, 5.74) is -0.00277. The molecule has 23 heavy (non-hydrogen) atoms. The van der Waals surface area contributed by atoms with Crippen molar-refractivity contribution in [1.82, 2.24) is 0 Å². The molecule has 0 amide bonds. The SMILES string of the molecule is C[C@]12CCC(O)CC1CCC1C2C(=O)C[C@@]2(C)C1CC[C@@H]2C=O. The molecule has 4 rings (SSSR count). The number of fused-ring (bicyclic) bond motifs is 5. The summed E-state index contributed by atoms with van der Waals surface area (Å²) in [7, 11) is 0. The number of carbonyl (C=O) groups is 2. The lowest BCUT2D eigenvalue weighted by atomic mass is 9.44. The summed E-state index contributed by atoms with van der Waals surface area (Å²) in [4.78, 5) is 24.7. The van der Waals surface area contributed by atoms with Crippen LogP contribution in [0.1, 0.15) is 65.2 Å². The van der Waals surface area contributed by atoms with Crippen LogP contribution in [-0.2, 0) is 9.59 Å². The van der Waals surface area contributed by atoms with Crippen molar-refractivity contribution in [1.29, 1.82) is 0 Å². The smallest absolute Gasteiger partial charge is 0.137 e. The van der Waals surface area contributed by atoms with E-state index in [1.807, 2.05) is 0 Å². The molecule has 0 spiro atoms. The summed E-state index contributed by atoms with van der Waals surface area (Å²) in [5, 5.41) is 10.1. The van der Waals surface area contributed by atoms with Gasteiger partial charge in [0.05, 0.1) is 6.10 Å². The van der Waals surface area contributed by atoms with E-state index in [1.165, 1.54) is 0 Å². The molecule has 0 radical (unpaired) electrons. The normalized spacial score (nSPS) is 55.7. The average molecular weight is 318 g/mol. The Balaban J connectivity index is 1.69. The molecule has 0 aliphatic heterocycles. The van der Waals surface area contributed by atoms with Gasteiger partial charge in [-0.05, 0) is 73.5 Å². The molecule has 3 heteroatoms. The Labute approximate surface area is 139 Å². The van der Waals surface area contributed by atoms with E-state index in [1.54, 1.807) is 0 Å².